The number of ether oxygens (including phenoxy) is 4. The van der Waals surface area contributed by atoms with Gasteiger partial charge in [0.25, 0.3) is 0 Å². The van der Waals surface area contributed by atoms with E-state index < -0.39 is 5.54 Å². The molecule has 0 fully saturated rings. The summed E-state index contributed by atoms with van der Waals surface area (Å²) < 4.78 is 22.3. The lowest BCUT2D eigenvalue weighted by Gasteiger charge is -2.29. The van der Waals surface area contributed by atoms with E-state index in [0.29, 0.717) is 84.5 Å². The minimum Gasteiger partial charge on any atom is -0.378 e. The van der Waals surface area contributed by atoms with Crippen LogP contribution in [-0.2, 0) is 33.3 Å². The summed E-state index contributed by atoms with van der Waals surface area (Å²) in [6.07, 6.45) is 6.69. The fourth-order valence-corrected chi connectivity index (χ4v) is 6.11. The molecule has 1 amide bonds. The van der Waals surface area contributed by atoms with E-state index in [9.17, 15) is 14.4 Å². The van der Waals surface area contributed by atoms with Gasteiger partial charge in [0, 0.05) is 38.0 Å². The molecule has 0 aliphatic rings. The Labute approximate surface area is 278 Å². The maximum absolute atomic E-state index is 12.9. The third-order valence-corrected chi connectivity index (χ3v) is 9.11. The number of nitrogens with zero attached hydrogens (tertiary/aromatic N) is 1. The van der Waals surface area contributed by atoms with Crippen LogP contribution in [0.5, 0.6) is 0 Å². The molecule has 3 N–H and O–H groups in total. The van der Waals surface area contributed by atoms with Gasteiger partial charge < -0.3 is 34.9 Å². The molecular formula is C32H56N4O7S2. The van der Waals surface area contributed by atoms with Gasteiger partial charge in [0.2, 0.25) is 5.91 Å². The van der Waals surface area contributed by atoms with Crippen molar-refractivity contribution in [1.29, 1.82) is 0 Å². The van der Waals surface area contributed by atoms with Crippen LogP contribution in [0.15, 0.2) is 29.4 Å². The van der Waals surface area contributed by atoms with E-state index in [4.69, 9.17) is 18.9 Å². The lowest BCUT2D eigenvalue weighted by Crippen LogP contribution is -2.52. The first-order valence-electron chi connectivity index (χ1n) is 16.1. The summed E-state index contributed by atoms with van der Waals surface area (Å²) in [6, 6.07) is 5.65. The molecule has 1 rings (SSSR count). The molecule has 0 spiro atoms. The van der Waals surface area contributed by atoms with Crippen molar-refractivity contribution in [2.45, 2.75) is 82.8 Å². The van der Waals surface area contributed by atoms with E-state index in [1.165, 1.54) is 0 Å². The number of unbranched alkanes of at least 4 members (excludes halogenated alkanes) is 1. The summed E-state index contributed by atoms with van der Waals surface area (Å²) in [5.41, 5.74) is -0.687. The Morgan fingerprint density at radius 3 is 2.24 bits per heavy atom. The number of ketones is 2. The second kappa shape index (κ2) is 27.5. The molecule has 0 aliphatic heterocycles. The van der Waals surface area contributed by atoms with Crippen molar-refractivity contribution in [3.63, 3.8) is 0 Å². The van der Waals surface area contributed by atoms with Gasteiger partial charge in [-0.2, -0.15) is 0 Å². The first-order chi connectivity index (χ1) is 21.8. The monoisotopic (exact) mass is 672 g/mol. The topological polar surface area (TPSA) is 137 Å². The van der Waals surface area contributed by atoms with E-state index in [-0.39, 0.29) is 30.1 Å². The molecule has 258 valence electrons. The van der Waals surface area contributed by atoms with Gasteiger partial charge in [0.15, 0.2) is 5.78 Å². The van der Waals surface area contributed by atoms with Crippen molar-refractivity contribution in [3.8, 4) is 0 Å². The first-order valence-corrected chi connectivity index (χ1v) is 18.4. The van der Waals surface area contributed by atoms with Crippen LogP contribution in [-0.4, -0.2) is 112 Å². The number of amides is 1. The maximum Gasteiger partial charge on any atom is 0.220 e. The number of nitrogens with one attached hydrogen (secondary N) is 3. The highest BCUT2D eigenvalue weighted by atomic mass is 33.1. The molecule has 0 bridgehead atoms. The van der Waals surface area contributed by atoms with Crippen molar-refractivity contribution >= 4 is 39.1 Å². The van der Waals surface area contributed by atoms with Crippen molar-refractivity contribution in [2.75, 3.05) is 78.2 Å². The van der Waals surface area contributed by atoms with Crippen LogP contribution in [0.25, 0.3) is 0 Å². The Morgan fingerprint density at radius 1 is 0.911 bits per heavy atom. The standard InChI is InChI=1S/C32H56N4O7S2/c1-5-7-10-28(27(3)37)33-15-18-40-23-24-43-26-29(38)32(4,13-6-2)36-17-20-42-22-21-41-19-16-34-30(39)12-25-44-45-31-11-8-9-14-35-31/h8-9,11,14,28,33,36H,5-7,10,12-13,15-26H2,1-4H3,(H,34,39). The van der Waals surface area contributed by atoms with E-state index in [1.807, 2.05) is 32.0 Å². The zero-order valence-corrected chi connectivity index (χ0v) is 29.4. The normalized spacial score (nSPS) is 13.3. The van der Waals surface area contributed by atoms with Gasteiger partial charge in [-0.3, -0.25) is 14.4 Å². The maximum atomic E-state index is 12.9. The third-order valence-electron chi connectivity index (χ3n) is 6.84. The lowest BCUT2D eigenvalue weighted by atomic mass is 9.91. The molecule has 0 radical (unpaired) electrons. The van der Waals surface area contributed by atoms with Gasteiger partial charge in [-0.1, -0.05) is 50.0 Å². The molecule has 1 aromatic heterocycles. The third kappa shape index (κ3) is 21.8. The highest BCUT2D eigenvalue weighted by Gasteiger charge is 2.31. The number of hydrogen-bond acceptors (Lipinski definition) is 12. The number of Topliss-reactive ketones (excluding diaryl/α,β-unsaturated/α-hetero) is 2. The van der Waals surface area contributed by atoms with E-state index in [2.05, 4.69) is 27.9 Å². The fraction of sp³-hybridized carbons (Fsp3) is 0.750. The fourth-order valence-electron chi connectivity index (χ4n) is 4.24. The van der Waals surface area contributed by atoms with Crippen LogP contribution < -0.4 is 16.0 Å². The van der Waals surface area contributed by atoms with E-state index >= 15 is 0 Å². The number of carbonyl (C=O) groups excluding carboxylic acids is 3. The van der Waals surface area contributed by atoms with Gasteiger partial charge in [-0.05, 0) is 49.6 Å². The van der Waals surface area contributed by atoms with Crippen LogP contribution in [0.2, 0.25) is 0 Å². The zero-order chi connectivity index (χ0) is 33.0. The van der Waals surface area contributed by atoms with Crippen molar-refractivity contribution < 1.29 is 33.3 Å². The molecule has 0 saturated heterocycles. The average molecular weight is 673 g/mol. The van der Waals surface area contributed by atoms with Gasteiger partial charge in [-0.15, -0.1) is 0 Å². The Balaban J connectivity index is 2.03. The first kappa shape index (κ1) is 41.4. The van der Waals surface area contributed by atoms with Gasteiger partial charge in [-0.25, -0.2) is 4.98 Å². The predicted octanol–water partition coefficient (Wildman–Crippen LogP) is 3.85. The van der Waals surface area contributed by atoms with Gasteiger partial charge in [0.05, 0.1) is 57.8 Å². The van der Waals surface area contributed by atoms with Crippen molar-refractivity contribution in [2.24, 2.45) is 0 Å². The number of aromatic nitrogens is 1. The smallest absolute Gasteiger partial charge is 0.220 e. The Morgan fingerprint density at radius 2 is 1.60 bits per heavy atom. The molecule has 45 heavy (non-hydrogen) atoms. The van der Waals surface area contributed by atoms with Crippen LogP contribution in [0.3, 0.4) is 0 Å². The predicted molar refractivity (Wildman–Crippen MR) is 182 cm³/mol. The minimum atomic E-state index is -0.687. The molecular weight excluding hydrogens is 617 g/mol. The van der Waals surface area contributed by atoms with Crippen LogP contribution >= 0.6 is 21.6 Å². The van der Waals surface area contributed by atoms with Gasteiger partial charge in [0.1, 0.15) is 17.4 Å². The Bertz CT molecular complexity index is 917. The molecule has 2 unspecified atom stereocenters. The summed E-state index contributed by atoms with van der Waals surface area (Å²) in [5.74, 6) is 0.872. The highest BCUT2D eigenvalue weighted by molar-refractivity contribution is 8.76. The largest absolute Gasteiger partial charge is 0.378 e. The SMILES string of the molecule is CCCCC(NCCOCCOCC(=O)C(C)(CCC)NCCOCCOCCNC(=O)CCSSc1ccccn1)C(C)=O. The molecule has 0 aromatic carbocycles. The summed E-state index contributed by atoms with van der Waals surface area (Å²) >= 11 is 0. The van der Waals surface area contributed by atoms with Crippen LogP contribution in [0, 0.1) is 0 Å². The quantitative estimate of drug-likeness (QED) is 0.0781. The van der Waals surface area contributed by atoms with Crippen molar-refractivity contribution in [1.82, 2.24) is 20.9 Å². The second-order valence-corrected chi connectivity index (χ2v) is 13.2. The van der Waals surface area contributed by atoms with Crippen molar-refractivity contribution in [3.05, 3.63) is 24.4 Å². The molecule has 11 nitrogen and oxygen atoms in total. The molecule has 13 heteroatoms. The summed E-state index contributed by atoms with van der Waals surface area (Å²) in [6.45, 7) is 12.2. The molecule has 0 saturated carbocycles. The molecule has 0 aliphatic carbocycles. The summed E-state index contributed by atoms with van der Waals surface area (Å²) in [7, 11) is 3.17. The molecule has 1 heterocycles. The van der Waals surface area contributed by atoms with Gasteiger partial charge >= 0.3 is 0 Å². The number of carbonyl (C=O) groups is 3. The summed E-state index contributed by atoms with van der Waals surface area (Å²) in [5, 5.41) is 10.4. The van der Waals surface area contributed by atoms with E-state index in [1.54, 1.807) is 34.7 Å². The zero-order valence-electron chi connectivity index (χ0n) is 27.7. The second-order valence-electron chi connectivity index (χ2n) is 10.8. The molecule has 1 aromatic rings. The number of pyridine rings is 1. The van der Waals surface area contributed by atoms with E-state index in [0.717, 1.165) is 30.7 Å². The Hall–Kier alpha value is -1.58. The van der Waals surface area contributed by atoms with Crippen LogP contribution in [0.1, 0.15) is 66.2 Å². The summed E-state index contributed by atoms with van der Waals surface area (Å²) in [4.78, 5) is 40.8. The highest BCUT2D eigenvalue weighted by Crippen LogP contribution is 2.29. The number of rotatable bonds is 31. The van der Waals surface area contributed by atoms with Crippen LogP contribution in [0.4, 0.5) is 0 Å². The average Bonchev–Trinajstić information content (AvgIpc) is 3.03. The minimum absolute atomic E-state index is 0.00201. The lowest BCUT2D eigenvalue weighted by molar-refractivity contribution is -0.130. The number of hydrogen-bond donors (Lipinski definition) is 3. The Kier molecular flexibility index (Phi) is 25.3. The molecule has 2 atom stereocenters.